The second-order valence-electron chi connectivity index (χ2n) is 9.37. The molecule has 0 bridgehead atoms. The molecular weight excluding hydrogens is 471 g/mol. The number of hydrogen-bond donors (Lipinski definition) is 1. The molecule has 0 amide bonds. The van der Waals surface area contributed by atoms with E-state index in [-0.39, 0.29) is 5.69 Å². The predicted molar refractivity (Wildman–Crippen MR) is 131 cm³/mol. The Hall–Kier alpha value is -3.49. The molecule has 2 aliphatic carbocycles. The van der Waals surface area contributed by atoms with Crippen LogP contribution in [-0.2, 0) is 19.0 Å². The second kappa shape index (κ2) is 9.52. The number of nitrogens with zero attached hydrogens (tertiary/aromatic N) is 2. The monoisotopic (exact) mass is 499 g/mol. The minimum absolute atomic E-state index is 0.283. The second-order valence-corrected chi connectivity index (χ2v) is 9.37. The first-order valence-corrected chi connectivity index (χ1v) is 12.1. The zero-order chi connectivity index (χ0) is 25.4. The number of methoxy groups -OCH3 is 2. The molecule has 5 rings (SSSR count). The lowest BCUT2D eigenvalue weighted by atomic mass is 10.0. The Morgan fingerprint density at radius 1 is 1.03 bits per heavy atom. The summed E-state index contributed by atoms with van der Waals surface area (Å²) in [5, 5.41) is 7.74. The lowest BCUT2D eigenvalue weighted by molar-refractivity contribution is -0.137. The molecule has 2 aromatic carbocycles. The maximum absolute atomic E-state index is 14.1. The maximum Gasteiger partial charge on any atom is 0.418 e. The number of fused-ring (bicyclic) bond motifs is 1. The van der Waals surface area contributed by atoms with Crippen molar-refractivity contribution < 1.29 is 22.6 Å². The first-order valence-electron chi connectivity index (χ1n) is 12.1. The van der Waals surface area contributed by atoms with Crippen molar-refractivity contribution in [3.05, 3.63) is 63.4 Å². The van der Waals surface area contributed by atoms with E-state index in [9.17, 15) is 18.0 Å². The van der Waals surface area contributed by atoms with Crippen LogP contribution in [0.1, 0.15) is 42.4 Å². The summed E-state index contributed by atoms with van der Waals surface area (Å²) < 4.78 is 53.9. The molecule has 0 radical (unpaired) electrons. The van der Waals surface area contributed by atoms with Crippen molar-refractivity contribution in [3.8, 4) is 28.4 Å². The van der Waals surface area contributed by atoms with Gasteiger partial charge in [0, 0.05) is 29.4 Å². The highest BCUT2D eigenvalue weighted by Gasteiger charge is 2.35. The minimum atomic E-state index is -4.65. The molecule has 1 saturated carbocycles. The van der Waals surface area contributed by atoms with Crippen molar-refractivity contribution >= 4 is 5.69 Å². The Morgan fingerprint density at radius 2 is 1.72 bits per heavy atom. The van der Waals surface area contributed by atoms with E-state index in [1.807, 2.05) is 0 Å². The van der Waals surface area contributed by atoms with Crippen LogP contribution in [0, 0.1) is 5.92 Å². The predicted octanol–water partition coefficient (Wildman–Crippen LogP) is 5.64. The van der Waals surface area contributed by atoms with Gasteiger partial charge in [-0.1, -0.05) is 12.8 Å². The molecular formula is C27H28F3N3O3. The van der Waals surface area contributed by atoms with Gasteiger partial charge in [0.1, 0.15) is 11.5 Å². The molecule has 1 aromatic heterocycles. The minimum Gasteiger partial charge on any atom is -0.497 e. The molecule has 36 heavy (non-hydrogen) atoms. The van der Waals surface area contributed by atoms with Crippen LogP contribution in [0.4, 0.5) is 18.9 Å². The Labute approximate surface area is 207 Å². The van der Waals surface area contributed by atoms with Crippen LogP contribution in [0.3, 0.4) is 0 Å². The molecule has 0 spiro atoms. The van der Waals surface area contributed by atoms with E-state index in [0.717, 1.165) is 29.2 Å². The highest BCUT2D eigenvalue weighted by molar-refractivity contribution is 5.69. The normalized spacial score (nSPS) is 15.0. The maximum atomic E-state index is 14.1. The molecule has 0 unspecified atom stereocenters. The number of alkyl halides is 3. The summed E-state index contributed by atoms with van der Waals surface area (Å²) >= 11 is 0. The zero-order valence-electron chi connectivity index (χ0n) is 20.2. The molecule has 1 fully saturated rings. The SMILES string of the molecule is COc1cc(OC)cc(-c2nn(-c3cc(NCCC4CC4)ccc3C(F)(F)F)c(=O)c3c2CCC3)c1. The Morgan fingerprint density at radius 3 is 2.36 bits per heavy atom. The molecule has 0 atom stereocenters. The smallest absolute Gasteiger partial charge is 0.418 e. The lowest BCUT2D eigenvalue weighted by Crippen LogP contribution is -2.28. The van der Waals surface area contributed by atoms with Crippen molar-refractivity contribution in [1.29, 1.82) is 0 Å². The molecule has 2 aliphatic rings. The van der Waals surface area contributed by atoms with Gasteiger partial charge in [-0.15, -0.1) is 0 Å². The Bertz CT molecular complexity index is 1320. The average molecular weight is 500 g/mol. The first kappa shape index (κ1) is 24.2. The summed E-state index contributed by atoms with van der Waals surface area (Å²) in [5.41, 5.74) is 1.16. The summed E-state index contributed by atoms with van der Waals surface area (Å²) in [5.74, 6) is 1.73. The van der Waals surface area contributed by atoms with Crippen molar-refractivity contribution in [2.75, 3.05) is 26.1 Å². The van der Waals surface area contributed by atoms with Gasteiger partial charge in [-0.3, -0.25) is 4.79 Å². The topological polar surface area (TPSA) is 65.4 Å². The van der Waals surface area contributed by atoms with Crippen molar-refractivity contribution in [1.82, 2.24) is 9.78 Å². The van der Waals surface area contributed by atoms with Crippen LogP contribution in [-0.4, -0.2) is 30.5 Å². The van der Waals surface area contributed by atoms with E-state index in [1.165, 1.54) is 39.2 Å². The van der Waals surface area contributed by atoms with Crippen LogP contribution in [0.2, 0.25) is 0 Å². The number of ether oxygens (including phenoxy) is 2. The highest BCUT2D eigenvalue weighted by Crippen LogP contribution is 2.38. The third-order valence-corrected chi connectivity index (χ3v) is 6.89. The number of rotatable bonds is 8. The molecule has 1 heterocycles. The summed E-state index contributed by atoms with van der Waals surface area (Å²) in [4.78, 5) is 13.5. The highest BCUT2D eigenvalue weighted by atomic mass is 19.4. The van der Waals surface area contributed by atoms with E-state index < -0.39 is 17.3 Å². The van der Waals surface area contributed by atoms with Crippen LogP contribution < -0.4 is 20.3 Å². The van der Waals surface area contributed by atoms with E-state index in [0.29, 0.717) is 59.3 Å². The lowest BCUT2D eigenvalue weighted by Gasteiger charge is -2.18. The molecule has 9 heteroatoms. The summed E-state index contributed by atoms with van der Waals surface area (Å²) in [6.07, 6.45) is 0.571. The van der Waals surface area contributed by atoms with Gasteiger partial charge in [-0.25, -0.2) is 0 Å². The first-order chi connectivity index (χ1) is 17.3. The third kappa shape index (κ3) is 4.79. The standard InChI is InChI=1S/C27H28F3N3O3/c1-35-19-12-17(13-20(15-19)36-2)25-21-4-3-5-22(21)26(34)33(32-25)24-14-18(31-11-10-16-6-7-16)8-9-23(24)27(28,29)30/h8-9,12-16,31H,3-7,10-11H2,1-2H3. The Balaban J connectivity index is 1.67. The fourth-order valence-electron chi connectivity index (χ4n) is 4.80. The zero-order valence-corrected chi connectivity index (χ0v) is 20.2. The number of anilines is 1. The Kier molecular flexibility index (Phi) is 6.40. The molecule has 0 saturated heterocycles. The number of hydrogen-bond acceptors (Lipinski definition) is 5. The van der Waals surface area contributed by atoms with Gasteiger partial charge in [-0.2, -0.15) is 23.0 Å². The number of benzene rings is 2. The van der Waals surface area contributed by atoms with Gasteiger partial charge in [0.05, 0.1) is 31.2 Å². The van der Waals surface area contributed by atoms with E-state index in [4.69, 9.17) is 9.47 Å². The van der Waals surface area contributed by atoms with Crippen LogP contribution in [0.15, 0.2) is 41.2 Å². The molecule has 0 aliphatic heterocycles. The molecule has 190 valence electrons. The van der Waals surface area contributed by atoms with E-state index in [2.05, 4.69) is 10.4 Å². The molecule has 3 aromatic rings. The van der Waals surface area contributed by atoms with Crippen LogP contribution >= 0.6 is 0 Å². The van der Waals surface area contributed by atoms with Gasteiger partial charge in [-0.05, 0) is 67.5 Å². The largest absolute Gasteiger partial charge is 0.497 e. The van der Waals surface area contributed by atoms with Gasteiger partial charge in [0.25, 0.3) is 5.56 Å². The third-order valence-electron chi connectivity index (χ3n) is 6.89. The van der Waals surface area contributed by atoms with Crippen LogP contribution in [0.25, 0.3) is 16.9 Å². The summed E-state index contributed by atoms with van der Waals surface area (Å²) in [6.45, 7) is 0.664. The van der Waals surface area contributed by atoms with Crippen molar-refractivity contribution in [2.24, 2.45) is 5.92 Å². The quantitative estimate of drug-likeness (QED) is 0.435. The van der Waals surface area contributed by atoms with Gasteiger partial charge in [0.2, 0.25) is 0 Å². The van der Waals surface area contributed by atoms with Gasteiger partial charge < -0.3 is 14.8 Å². The fraction of sp³-hybridized carbons (Fsp3) is 0.407. The fourth-order valence-corrected chi connectivity index (χ4v) is 4.80. The van der Waals surface area contributed by atoms with Crippen LogP contribution in [0.5, 0.6) is 11.5 Å². The summed E-state index contributed by atoms with van der Waals surface area (Å²) in [6, 6.07) is 9.01. The number of halogens is 3. The average Bonchev–Trinajstić information content (AvgIpc) is 3.55. The van der Waals surface area contributed by atoms with Gasteiger partial charge in [0.15, 0.2) is 0 Å². The van der Waals surface area contributed by atoms with Gasteiger partial charge >= 0.3 is 6.18 Å². The molecule has 1 N–H and O–H groups in total. The number of nitrogens with one attached hydrogen (secondary N) is 1. The van der Waals surface area contributed by atoms with Crippen molar-refractivity contribution in [3.63, 3.8) is 0 Å². The van der Waals surface area contributed by atoms with E-state index in [1.54, 1.807) is 18.2 Å². The molecule has 6 nitrogen and oxygen atoms in total. The van der Waals surface area contributed by atoms with Crippen molar-refractivity contribution in [2.45, 2.75) is 44.7 Å². The van der Waals surface area contributed by atoms with E-state index >= 15 is 0 Å². The summed E-state index contributed by atoms with van der Waals surface area (Å²) in [7, 11) is 3.04. The number of aromatic nitrogens is 2.